The molecule has 0 heterocycles. The molecule has 3 aromatic rings. The van der Waals surface area contributed by atoms with Gasteiger partial charge < -0.3 is 19.3 Å². The fraction of sp³-hybridized carbons (Fsp3) is 0.364. The Balaban J connectivity index is 1.60. The third-order valence-electron chi connectivity index (χ3n) is 7.24. The van der Waals surface area contributed by atoms with Crippen LogP contribution in [0.15, 0.2) is 78.9 Å². The van der Waals surface area contributed by atoms with E-state index in [1.54, 1.807) is 66.7 Å². The molecule has 2 unspecified atom stereocenters. The van der Waals surface area contributed by atoms with E-state index in [-0.39, 0.29) is 23.7 Å². The fourth-order valence-electron chi connectivity index (χ4n) is 5.10. The van der Waals surface area contributed by atoms with Crippen molar-refractivity contribution in [1.82, 2.24) is 0 Å². The molecular weight excluding hydrogens is 508 g/mol. The monoisotopic (exact) mass is 544 g/mol. The van der Waals surface area contributed by atoms with Crippen LogP contribution in [0.1, 0.15) is 84.2 Å². The lowest BCUT2D eigenvalue weighted by atomic mass is 9.78. The van der Waals surface area contributed by atoms with Gasteiger partial charge in [0, 0.05) is 5.56 Å². The van der Waals surface area contributed by atoms with Gasteiger partial charge in [-0.1, -0.05) is 68.7 Å². The van der Waals surface area contributed by atoms with Gasteiger partial charge in [0.1, 0.15) is 11.7 Å². The molecule has 1 N–H and O–H groups in total. The summed E-state index contributed by atoms with van der Waals surface area (Å²) < 4.78 is 17.8. The first-order valence-electron chi connectivity index (χ1n) is 13.9. The van der Waals surface area contributed by atoms with Crippen LogP contribution in [0.3, 0.4) is 0 Å². The lowest BCUT2D eigenvalue weighted by Gasteiger charge is -2.41. The Morgan fingerprint density at radius 3 is 2.12 bits per heavy atom. The van der Waals surface area contributed by atoms with E-state index in [1.807, 2.05) is 19.1 Å². The minimum absolute atomic E-state index is 0.0328. The number of carbonyl (C=O) groups is 3. The van der Waals surface area contributed by atoms with Gasteiger partial charge in [0.15, 0.2) is 0 Å². The molecule has 3 aromatic carbocycles. The van der Waals surface area contributed by atoms with E-state index in [0.29, 0.717) is 17.7 Å². The molecule has 0 radical (unpaired) electrons. The van der Waals surface area contributed by atoms with Gasteiger partial charge in [0.05, 0.1) is 17.2 Å². The number of carbonyl (C=O) groups excluding carboxylic acids is 2. The summed E-state index contributed by atoms with van der Waals surface area (Å²) >= 11 is 0. The minimum atomic E-state index is -2.15. The van der Waals surface area contributed by atoms with Crippen molar-refractivity contribution < 1.29 is 33.7 Å². The van der Waals surface area contributed by atoms with Crippen LogP contribution in [0.25, 0.3) is 0 Å². The Morgan fingerprint density at radius 2 is 1.48 bits per heavy atom. The second-order valence-electron chi connectivity index (χ2n) is 10.2. The molecule has 1 aliphatic carbocycles. The summed E-state index contributed by atoms with van der Waals surface area (Å²) in [5.41, 5.74) is 1.51. The van der Waals surface area contributed by atoms with Crippen LogP contribution in [0.2, 0.25) is 0 Å². The number of hydrogen-bond donors (Lipinski definition) is 1. The molecule has 0 fully saturated rings. The summed E-state index contributed by atoms with van der Waals surface area (Å²) in [6.07, 6.45) is 6.20. The Morgan fingerprint density at radius 1 is 0.850 bits per heavy atom. The van der Waals surface area contributed by atoms with Crippen molar-refractivity contribution in [1.29, 1.82) is 0 Å². The average Bonchev–Trinajstić information content (AvgIpc) is 2.96. The summed E-state index contributed by atoms with van der Waals surface area (Å²) in [5, 5.41) is 10.2. The molecule has 0 saturated carbocycles. The molecule has 4 rings (SSSR count). The normalized spacial score (nSPS) is 18.7. The highest BCUT2D eigenvalue weighted by Crippen LogP contribution is 2.45. The predicted octanol–water partition coefficient (Wildman–Crippen LogP) is 6.94. The van der Waals surface area contributed by atoms with Crippen molar-refractivity contribution in [2.24, 2.45) is 5.92 Å². The van der Waals surface area contributed by atoms with Gasteiger partial charge in [-0.2, -0.15) is 0 Å². The fourth-order valence-corrected chi connectivity index (χ4v) is 5.10. The van der Waals surface area contributed by atoms with E-state index >= 15 is 0 Å². The largest absolute Gasteiger partial charge is 0.491 e. The van der Waals surface area contributed by atoms with Gasteiger partial charge in [-0.3, -0.25) is 4.79 Å². The number of esters is 2. The minimum Gasteiger partial charge on any atom is -0.491 e. The van der Waals surface area contributed by atoms with Crippen molar-refractivity contribution in [2.45, 2.75) is 70.7 Å². The number of benzene rings is 3. The van der Waals surface area contributed by atoms with Crippen LogP contribution in [0.4, 0.5) is 0 Å². The van der Waals surface area contributed by atoms with Gasteiger partial charge in [-0.25, -0.2) is 9.59 Å². The van der Waals surface area contributed by atoms with Gasteiger partial charge in [0.2, 0.25) is 0 Å². The molecule has 0 spiro atoms. The van der Waals surface area contributed by atoms with Crippen molar-refractivity contribution in [3.63, 3.8) is 0 Å². The molecule has 0 saturated heterocycles. The van der Waals surface area contributed by atoms with Gasteiger partial charge >= 0.3 is 17.9 Å². The zero-order chi connectivity index (χ0) is 28.5. The van der Waals surface area contributed by atoms with Crippen LogP contribution >= 0.6 is 0 Å². The zero-order valence-electron chi connectivity index (χ0n) is 23.0. The van der Waals surface area contributed by atoms with Crippen molar-refractivity contribution >= 4 is 17.9 Å². The van der Waals surface area contributed by atoms with E-state index in [4.69, 9.17) is 14.2 Å². The second kappa shape index (κ2) is 13.3. The van der Waals surface area contributed by atoms with E-state index in [2.05, 4.69) is 6.92 Å². The van der Waals surface area contributed by atoms with Crippen LogP contribution in [0, 0.1) is 5.92 Å². The van der Waals surface area contributed by atoms with Crippen molar-refractivity contribution in [3.8, 4) is 5.75 Å². The molecule has 0 aromatic heterocycles. The summed E-state index contributed by atoms with van der Waals surface area (Å²) in [6, 6.07) is 21.7. The highest BCUT2D eigenvalue weighted by Gasteiger charge is 2.55. The van der Waals surface area contributed by atoms with Gasteiger partial charge in [-0.15, -0.1) is 0 Å². The number of hydrogen-bond acceptors (Lipinski definition) is 6. The van der Waals surface area contributed by atoms with Crippen LogP contribution < -0.4 is 4.74 Å². The third kappa shape index (κ3) is 6.71. The van der Waals surface area contributed by atoms with E-state index in [0.717, 1.165) is 18.4 Å². The molecule has 7 nitrogen and oxygen atoms in total. The predicted molar refractivity (Wildman–Crippen MR) is 150 cm³/mol. The average molecular weight is 545 g/mol. The smallest absolute Gasteiger partial charge is 0.341 e. The lowest BCUT2D eigenvalue weighted by molar-refractivity contribution is -0.222. The summed E-state index contributed by atoms with van der Waals surface area (Å²) in [5.74, 6) is -5.63. The Hall–Kier alpha value is -4.13. The summed E-state index contributed by atoms with van der Waals surface area (Å²) in [4.78, 5) is 39.2. The molecule has 210 valence electrons. The van der Waals surface area contributed by atoms with Gasteiger partial charge in [-0.05, 0) is 74.6 Å². The Labute approximate surface area is 235 Å². The maximum atomic E-state index is 13.5. The maximum absolute atomic E-state index is 13.5. The highest BCUT2D eigenvalue weighted by molar-refractivity contribution is 5.92. The Bertz CT molecular complexity index is 1300. The second-order valence-corrected chi connectivity index (χ2v) is 10.2. The van der Waals surface area contributed by atoms with Gasteiger partial charge in [0.25, 0.3) is 5.79 Å². The lowest BCUT2D eigenvalue weighted by Crippen LogP contribution is -2.50. The number of ether oxygens (including phenoxy) is 3. The van der Waals surface area contributed by atoms with Crippen LogP contribution in [0.5, 0.6) is 5.75 Å². The molecule has 3 atom stereocenters. The molecule has 0 bridgehead atoms. The number of aliphatic carboxylic acids is 1. The van der Waals surface area contributed by atoms with Crippen LogP contribution in [-0.2, 0) is 26.5 Å². The summed E-state index contributed by atoms with van der Waals surface area (Å²) in [6.45, 7) is 4.20. The first-order chi connectivity index (χ1) is 19.3. The van der Waals surface area contributed by atoms with Crippen molar-refractivity contribution in [3.05, 3.63) is 101 Å². The number of fused-ring (bicyclic) bond motifs is 1. The number of carboxylic acids is 1. The number of carboxylic acid groups (broad SMARTS) is 1. The molecular formula is C33H36O7. The number of aryl methyl sites for hydroxylation is 1. The molecule has 0 aliphatic heterocycles. The molecule has 0 amide bonds. The zero-order valence-corrected chi connectivity index (χ0v) is 23.0. The Kier molecular flexibility index (Phi) is 9.59. The van der Waals surface area contributed by atoms with E-state index in [1.165, 1.54) is 19.3 Å². The number of rotatable bonds is 12. The number of unbranched alkanes of at least 4 members (excludes halogenated alkanes) is 3. The van der Waals surface area contributed by atoms with Crippen LogP contribution in [-0.4, -0.2) is 29.1 Å². The first kappa shape index (κ1) is 28.9. The highest BCUT2D eigenvalue weighted by atomic mass is 16.7. The first-order valence-corrected chi connectivity index (χ1v) is 13.9. The summed E-state index contributed by atoms with van der Waals surface area (Å²) in [7, 11) is 0. The maximum Gasteiger partial charge on any atom is 0.341 e. The standard InChI is InChI=1S/C33H36O7/c1-3-4-5-7-12-23(2)38-27-20-17-26(18-21-27)32(37)40-33(39-31(36)25-14-8-6-9-15-25)28-16-11-10-13-24(28)19-22-29(33)30(34)35/h6,8-11,13-18,20-21,23,29H,3-5,7,12,19,22H2,1-2H3,(H,34,35)/t23-,29?,33?/m1/s1. The SMILES string of the molecule is CCCCCC[C@@H](C)Oc1ccc(C(=O)OC2(OC(=O)c3ccccc3)c3ccccc3CCC2C(=O)O)cc1. The van der Waals surface area contributed by atoms with E-state index < -0.39 is 29.6 Å². The quantitative estimate of drug-likeness (QED) is 0.150. The molecule has 1 aliphatic rings. The third-order valence-corrected chi connectivity index (χ3v) is 7.24. The van der Waals surface area contributed by atoms with Crippen molar-refractivity contribution in [2.75, 3.05) is 0 Å². The molecule has 7 heteroatoms. The van der Waals surface area contributed by atoms with E-state index in [9.17, 15) is 19.5 Å². The topological polar surface area (TPSA) is 99.1 Å². The molecule has 40 heavy (non-hydrogen) atoms.